The summed E-state index contributed by atoms with van der Waals surface area (Å²) in [6.45, 7) is 10.7. The summed E-state index contributed by atoms with van der Waals surface area (Å²) in [4.78, 5) is 64.9. The van der Waals surface area contributed by atoms with E-state index < -0.39 is 29.6 Å². The van der Waals surface area contributed by atoms with Crippen molar-refractivity contribution in [3.63, 3.8) is 0 Å². The van der Waals surface area contributed by atoms with Crippen molar-refractivity contribution in [1.82, 2.24) is 25.1 Å². The highest BCUT2D eigenvalue weighted by molar-refractivity contribution is 5.96. The Morgan fingerprint density at radius 1 is 0.957 bits per heavy atom. The quantitative estimate of drug-likeness (QED) is 0.350. The van der Waals surface area contributed by atoms with Gasteiger partial charge < -0.3 is 29.3 Å². The highest BCUT2D eigenvalue weighted by Crippen LogP contribution is 2.25. The monoisotopic (exact) mass is 637 g/mol. The molecule has 4 rings (SSSR count). The molecule has 2 aliphatic rings. The van der Waals surface area contributed by atoms with Crippen molar-refractivity contribution in [2.24, 2.45) is 5.92 Å². The van der Waals surface area contributed by atoms with Crippen molar-refractivity contribution in [3.8, 4) is 17.3 Å². The van der Waals surface area contributed by atoms with Gasteiger partial charge in [0.25, 0.3) is 5.91 Å². The van der Waals surface area contributed by atoms with Crippen LogP contribution in [0.25, 0.3) is 11.4 Å². The fourth-order valence-electron chi connectivity index (χ4n) is 5.30. The molecule has 1 saturated heterocycles. The van der Waals surface area contributed by atoms with Gasteiger partial charge in [-0.25, -0.2) is 9.78 Å². The van der Waals surface area contributed by atoms with Gasteiger partial charge in [-0.3, -0.25) is 14.4 Å². The fourth-order valence-corrected chi connectivity index (χ4v) is 5.30. The molecule has 0 unspecified atom stereocenters. The number of nitrogens with zero attached hydrogens (tertiary/aromatic N) is 4. The molecule has 12 nitrogen and oxygen atoms in total. The molecule has 1 aliphatic heterocycles. The summed E-state index contributed by atoms with van der Waals surface area (Å²) in [6.07, 6.45) is 3.52. The Morgan fingerprint density at radius 3 is 2.24 bits per heavy atom. The number of carbonyl (C=O) groups excluding carboxylic acids is 4. The van der Waals surface area contributed by atoms with Crippen LogP contribution in [0.15, 0.2) is 36.4 Å². The van der Waals surface area contributed by atoms with Crippen LogP contribution >= 0.6 is 0 Å². The zero-order chi connectivity index (χ0) is 33.3. The second kappa shape index (κ2) is 15.9. The lowest BCUT2D eigenvalue weighted by Crippen LogP contribution is -2.56. The van der Waals surface area contributed by atoms with Gasteiger partial charge in [0.1, 0.15) is 23.4 Å². The summed E-state index contributed by atoms with van der Waals surface area (Å²) in [5.74, 6) is -0.578. The Balaban J connectivity index is 1.51. The second-order valence-electron chi connectivity index (χ2n) is 13.2. The molecule has 0 bridgehead atoms. The number of hydrogen-bond acceptors (Lipinski definition) is 9. The molecular formula is C34H47N5O7. The average molecular weight is 638 g/mol. The topological polar surface area (TPSA) is 140 Å². The normalized spacial score (nSPS) is 16.2. The first kappa shape index (κ1) is 34.6. The van der Waals surface area contributed by atoms with Crippen LogP contribution in [0.2, 0.25) is 0 Å². The fraction of sp³-hybridized carbons (Fsp3) is 0.588. The number of benzene rings is 1. The van der Waals surface area contributed by atoms with Crippen molar-refractivity contribution in [1.29, 1.82) is 0 Å². The summed E-state index contributed by atoms with van der Waals surface area (Å²) in [5.41, 5.74) is 0.0793. The van der Waals surface area contributed by atoms with E-state index >= 15 is 0 Å². The largest absolute Gasteiger partial charge is 0.474 e. The van der Waals surface area contributed by atoms with Crippen LogP contribution in [0.5, 0.6) is 5.88 Å². The lowest BCUT2D eigenvalue weighted by molar-refractivity contribution is -0.155. The van der Waals surface area contributed by atoms with Crippen molar-refractivity contribution >= 4 is 23.9 Å². The molecule has 1 aromatic heterocycles. The van der Waals surface area contributed by atoms with Gasteiger partial charge in [-0.15, -0.1) is 0 Å². The number of ether oxygens (including phenoxy) is 3. The van der Waals surface area contributed by atoms with Gasteiger partial charge in [-0.1, -0.05) is 44.2 Å². The van der Waals surface area contributed by atoms with Crippen LogP contribution in [-0.4, -0.2) is 94.2 Å². The van der Waals surface area contributed by atoms with Gasteiger partial charge >= 0.3 is 12.1 Å². The van der Waals surface area contributed by atoms with E-state index in [1.165, 1.54) is 6.07 Å². The Hall–Kier alpha value is -4.22. The van der Waals surface area contributed by atoms with Gasteiger partial charge in [0, 0.05) is 44.2 Å². The SMILES string of the molecule is CC(C)COC(=O)N1CCN(C(=O)[C@H](CCC(=O)OC(C)(C)C)NC(=O)c2cc(OC3CCCC3)nc(-c3ccccc3)n2)CC1. The van der Waals surface area contributed by atoms with Crippen molar-refractivity contribution in [3.05, 3.63) is 42.1 Å². The van der Waals surface area contributed by atoms with E-state index in [9.17, 15) is 19.2 Å². The van der Waals surface area contributed by atoms with Crippen LogP contribution in [-0.2, 0) is 19.1 Å². The first-order valence-corrected chi connectivity index (χ1v) is 16.2. The predicted molar refractivity (Wildman–Crippen MR) is 171 cm³/mol. The van der Waals surface area contributed by atoms with Gasteiger partial charge in [0.15, 0.2) is 5.82 Å². The number of aromatic nitrogens is 2. The highest BCUT2D eigenvalue weighted by Gasteiger charge is 2.32. The van der Waals surface area contributed by atoms with Gasteiger partial charge in [0.2, 0.25) is 11.8 Å². The van der Waals surface area contributed by atoms with Crippen LogP contribution in [0.3, 0.4) is 0 Å². The Bertz CT molecular complexity index is 1350. The summed E-state index contributed by atoms with van der Waals surface area (Å²) in [7, 11) is 0. The minimum atomic E-state index is -1.03. The van der Waals surface area contributed by atoms with E-state index in [1.807, 2.05) is 44.2 Å². The minimum absolute atomic E-state index is 0.0129. The van der Waals surface area contributed by atoms with E-state index in [0.29, 0.717) is 31.4 Å². The maximum absolute atomic E-state index is 13.8. The number of rotatable bonds is 11. The highest BCUT2D eigenvalue weighted by atomic mass is 16.6. The van der Waals surface area contributed by atoms with E-state index in [4.69, 9.17) is 14.2 Å². The van der Waals surface area contributed by atoms with E-state index in [1.54, 1.807) is 30.6 Å². The Morgan fingerprint density at radius 2 is 1.61 bits per heavy atom. The van der Waals surface area contributed by atoms with Crippen LogP contribution in [0.4, 0.5) is 4.79 Å². The molecule has 2 heterocycles. The summed E-state index contributed by atoms with van der Waals surface area (Å²) < 4.78 is 16.9. The van der Waals surface area contributed by atoms with Gasteiger partial charge in [0.05, 0.1) is 6.61 Å². The zero-order valence-corrected chi connectivity index (χ0v) is 27.6. The smallest absolute Gasteiger partial charge is 0.409 e. The number of amides is 3. The summed E-state index contributed by atoms with van der Waals surface area (Å²) >= 11 is 0. The summed E-state index contributed by atoms with van der Waals surface area (Å²) in [6, 6.07) is 9.76. The van der Waals surface area contributed by atoms with Crippen molar-refractivity contribution in [2.45, 2.75) is 90.9 Å². The van der Waals surface area contributed by atoms with E-state index in [-0.39, 0.29) is 49.6 Å². The van der Waals surface area contributed by atoms with Crippen molar-refractivity contribution < 1.29 is 33.4 Å². The van der Waals surface area contributed by atoms with Crippen LogP contribution in [0.1, 0.15) is 83.6 Å². The lowest BCUT2D eigenvalue weighted by atomic mass is 10.1. The van der Waals surface area contributed by atoms with Crippen molar-refractivity contribution in [2.75, 3.05) is 32.8 Å². The number of hydrogen-bond donors (Lipinski definition) is 1. The summed E-state index contributed by atoms with van der Waals surface area (Å²) in [5, 5.41) is 2.83. The third kappa shape index (κ3) is 10.4. The maximum Gasteiger partial charge on any atom is 0.409 e. The first-order valence-electron chi connectivity index (χ1n) is 16.2. The van der Waals surface area contributed by atoms with Gasteiger partial charge in [-0.05, 0) is 58.8 Å². The molecule has 1 aromatic carbocycles. The molecule has 2 fully saturated rings. The standard InChI is InChI=1S/C34H47N5O7/c1-23(2)22-44-33(43)39-19-17-38(18-20-39)32(42)26(15-16-29(40)46-34(3,4)5)36-31(41)27-21-28(45-25-13-9-10-14-25)37-30(35-27)24-11-7-6-8-12-24/h6-8,11-12,21,23,25-26H,9-10,13-20,22H2,1-5H3,(H,36,41)/t26-/m0/s1. The molecule has 1 aliphatic carbocycles. The molecule has 1 N–H and O–H groups in total. The molecular weight excluding hydrogens is 590 g/mol. The third-order valence-corrected chi connectivity index (χ3v) is 7.61. The Labute approximate surface area is 271 Å². The average Bonchev–Trinajstić information content (AvgIpc) is 3.54. The molecule has 1 saturated carbocycles. The third-order valence-electron chi connectivity index (χ3n) is 7.61. The molecule has 0 radical (unpaired) electrons. The minimum Gasteiger partial charge on any atom is -0.474 e. The molecule has 1 atom stereocenters. The lowest BCUT2D eigenvalue weighted by Gasteiger charge is -2.36. The van der Waals surface area contributed by atoms with Crippen LogP contribution < -0.4 is 10.1 Å². The zero-order valence-electron chi connectivity index (χ0n) is 27.6. The first-order chi connectivity index (χ1) is 21.9. The number of piperazine rings is 1. The van der Waals surface area contributed by atoms with Crippen LogP contribution in [0, 0.1) is 5.92 Å². The molecule has 12 heteroatoms. The molecule has 0 spiro atoms. The molecule has 46 heavy (non-hydrogen) atoms. The maximum atomic E-state index is 13.8. The second-order valence-corrected chi connectivity index (χ2v) is 13.2. The Kier molecular flexibility index (Phi) is 11.9. The number of esters is 1. The van der Waals surface area contributed by atoms with Gasteiger partial charge in [-0.2, -0.15) is 4.98 Å². The van der Waals surface area contributed by atoms with E-state index in [2.05, 4.69) is 15.3 Å². The molecule has 3 amide bonds. The molecule has 250 valence electrons. The predicted octanol–water partition coefficient (Wildman–Crippen LogP) is 4.62. The van der Waals surface area contributed by atoms with E-state index in [0.717, 1.165) is 31.2 Å². The number of nitrogens with one attached hydrogen (secondary N) is 1. The molecule has 2 aromatic rings. The number of carbonyl (C=O) groups is 4.